The van der Waals surface area contributed by atoms with E-state index in [-0.39, 0.29) is 6.79 Å². The second kappa shape index (κ2) is 13.2. The van der Waals surface area contributed by atoms with Gasteiger partial charge in [0.05, 0.1) is 38.7 Å². The maximum absolute atomic E-state index is 5.58. The van der Waals surface area contributed by atoms with Gasteiger partial charge in [0.25, 0.3) is 0 Å². The first-order chi connectivity index (χ1) is 17.3. The van der Waals surface area contributed by atoms with Crippen molar-refractivity contribution in [2.24, 2.45) is 5.73 Å². The van der Waals surface area contributed by atoms with E-state index >= 15 is 0 Å². The number of hydrogen-bond acceptors (Lipinski definition) is 12. The van der Waals surface area contributed by atoms with Crippen LogP contribution in [0.5, 0.6) is 11.5 Å². The molecule has 35 heavy (non-hydrogen) atoms. The minimum absolute atomic E-state index is 0.217. The number of aromatic nitrogens is 4. The van der Waals surface area contributed by atoms with Gasteiger partial charge in [-0.3, -0.25) is 4.98 Å². The van der Waals surface area contributed by atoms with Gasteiger partial charge in [-0.15, -0.1) is 0 Å². The SMILES string of the molecule is NCCOCCOCCNc1nc(NCc2ccccn2)nc(NCc2cccc3c2OCO3)n1. The molecule has 186 valence electrons. The van der Waals surface area contributed by atoms with Crippen LogP contribution < -0.4 is 31.2 Å². The Kier molecular flexibility index (Phi) is 9.21. The van der Waals surface area contributed by atoms with E-state index in [0.29, 0.717) is 70.5 Å². The standard InChI is InChI=1S/C23H30N8O4/c24-7-10-32-12-13-33-11-9-26-21-29-22(27-14-17-4-3-6-19-20(17)35-16-34-19)31-23(30-21)28-15-18-5-1-2-8-25-18/h1-6,8H,7,9-16,24H2,(H3,26,27,28,29,30,31). The third-order valence-corrected chi connectivity index (χ3v) is 4.87. The van der Waals surface area contributed by atoms with E-state index in [4.69, 9.17) is 24.7 Å². The van der Waals surface area contributed by atoms with Crippen molar-refractivity contribution in [2.75, 3.05) is 62.3 Å². The van der Waals surface area contributed by atoms with Gasteiger partial charge in [-0.1, -0.05) is 18.2 Å². The lowest BCUT2D eigenvalue weighted by atomic mass is 10.2. The molecule has 0 fully saturated rings. The summed E-state index contributed by atoms with van der Waals surface area (Å²) in [6.07, 6.45) is 1.75. The maximum atomic E-state index is 5.58. The first-order valence-electron chi connectivity index (χ1n) is 11.4. The molecular weight excluding hydrogens is 452 g/mol. The summed E-state index contributed by atoms with van der Waals surface area (Å²) < 4.78 is 21.9. The van der Waals surface area contributed by atoms with Gasteiger partial charge in [0.15, 0.2) is 11.5 Å². The Balaban J connectivity index is 1.36. The molecule has 0 atom stereocenters. The van der Waals surface area contributed by atoms with Crippen molar-refractivity contribution in [3.8, 4) is 11.5 Å². The molecule has 1 aliphatic heterocycles. The first kappa shape index (κ1) is 24.4. The molecule has 1 aromatic carbocycles. The molecule has 4 rings (SSSR count). The van der Waals surface area contributed by atoms with Crippen molar-refractivity contribution >= 4 is 17.8 Å². The van der Waals surface area contributed by atoms with Crippen LogP contribution in [-0.2, 0) is 22.6 Å². The zero-order valence-corrected chi connectivity index (χ0v) is 19.4. The molecule has 12 heteroatoms. The largest absolute Gasteiger partial charge is 0.454 e. The van der Waals surface area contributed by atoms with Crippen LogP contribution in [-0.4, -0.2) is 66.2 Å². The lowest BCUT2D eigenvalue weighted by Crippen LogP contribution is -2.17. The smallest absolute Gasteiger partial charge is 0.231 e. The second-order valence-electron chi connectivity index (χ2n) is 7.43. The molecule has 2 aromatic heterocycles. The normalized spacial score (nSPS) is 11.9. The molecule has 0 radical (unpaired) electrons. The van der Waals surface area contributed by atoms with Crippen molar-refractivity contribution in [1.29, 1.82) is 0 Å². The van der Waals surface area contributed by atoms with Gasteiger partial charge in [0.1, 0.15) is 0 Å². The molecule has 0 bridgehead atoms. The summed E-state index contributed by atoms with van der Waals surface area (Å²) in [7, 11) is 0. The van der Waals surface area contributed by atoms with E-state index in [1.807, 2.05) is 36.4 Å². The summed E-state index contributed by atoms with van der Waals surface area (Å²) >= 11 is 0. The molecule has 0 spiro atoms. The lowest BCUT2D eigenvalue weighted by molar-refractivity contribution is 0.0547. The number of rotatable bonds is 15. The molecule has 0 saturated carbocycles. The van der Waals surface area contributed by atoms with E-state index in [2.05, 4.69) is 35.9 Å². The number of nitrogens with two attached hydrogens (primary N) is 1. The number of ether oxygens (including phenoxy) is 4. The minimum atomic E-state index is 0.217. The lowest BCUT2D eigenvalue weighted by Gasteiger charge is -2.12. The van der Waals surface area contributed by atoms with E-state index in [9.17, 15) is 0 Å². The molecule has 1 aliphatic rings. The van der Waals surface area contributed by atoms with Crippen LogP contribution in [0.25, 0.3) is 0 Å². The number of hydrogen-bond donors (Lipinski definition) is 4. The molecule has 0 amide bonds. The zero-order chi connectivity index (χ0) is 24.1. The maximum Gasteiger partial charge on any atom is 0.231 e. The van der Waals surface area contributed by atoms with Gasteiger partial charge in [-0.25, -0.2) is 0 Å². The Morgan fingerprint density at radius 2 is 1.57 bits per heavy atom. The zero-order valence-electron chi connectivity index (χ0n) is 19.4. The topological polar surface area (TPSA) is 151 Å². The van der Waals surface area contributed by atoms with Gasteiger partial charge in [-0.05, 0) is 18.2 Å². The molecule has 0 aliphatic carbocycles. The Labute approximate surface area is 203 Å². The summed E-state index contributed by atoms with van der Waals surface area (Å²) in [5, 5.41) is 9.63. The fourth-order valence-electron chi connectivity index (χ4n) is 3.23. The van der Waals surface area contributed by atoms with E-state index in [1.165, 1.54) is 0 Å². The van der Waals surface area contributed by atoms with E-state index < -0.39 is 0 Å². The quantitative estimate of drug-likeness (QED) is 0.233. The summed E-state index contributed by atoms with van der Waals surface area (Å²) in [5.41, 5.74) is 7.21. The molecule has 0 saturated heterocycles. The van der Waals surface area contributed by atoms with Crippen LogP contribution in [0.1, 0.15) is 11.3 Å². The number of pyridine rings is 1. The van der Waals surface area contributed by atoms with Crippen LogP contribution in [0, 0.1) is 0 Å². The third-order valence-electron chi connectivity index (χ3n) is 4.87. The van der Waals surface area contributed by atoms with E-state index in [1.54, 1.807) is 6.20 Å². The fourth-order valence-corrected chi connectivity index (χ4v) is 3.23. The van der Waals surface area contributed by atoms with Crippen LogP contribution in [0.15, 0.2) is 42.6 Å². The second-order valence-corrected chi connectivity index (χ2v) is 7.43. The highest BCUT2D eigenvalue weighted by molar-refractivity contribution is 5.50. The molecule has 3 aromatic rings. The van der Waals surface area contributed by atoms with Crippen LogP contribution in [0.3, 0.4) is 0 Å². The number of benzene rings is 1. The van der Waals surface area contributed by atoms with Gasteiger partial charge < -0.3 is 40.6 Å². The van der Waals surface area contributed by atoms with Crippen LogP contribution in [0.2, 0.25) is 0 Å². The van der Waals surface area contributed by atoms with Crippen LogP contribution in [0.4, 0.5) is 17.8 Å². The Morgan fingerprint density at radius 3 is 2.34 bits per heavy atom. The number of para-hydroxylation sites is 1. The predicted octanol–water partition coefficient (Wildman–Crippen LogP) is 1.62. The summed E-state index contributed by atoms with van der Waals surface area (Å²) in [4.78, 5) is 17.8. The van der Waals surface area contributed by atoms with Gasteiger partial charge >= 0.3 is 0 Å². The Hall–Kier alpha value is -3.74. The fraction of sp³-hybridized carbons (Fsp3) is 0.391. The van der Waals surface area contributed by atoms with E-state index in [0.717, 1.165) is 22.8 Å². The number of nitrogens with zero attached hydrogens (tertiary/aromatic N) is 4. The molecule has 3 heterocycles. The summed E-state index contributed by atoms with van der Waals surface area (Å²) in [6, 6.07) is 11.5. The van der Waals surface area contributed by atoms with Crippen molar-refractivity contribution in [2.45, 2.75) is 13.1 Å². The predicted molar refractivity (Wildman–Crippen MR) is 130 cm³/mol. The van der Waals surface area contributed by atoms with Crippen molar-refractivity contribution in [3.63, 3.8) is 0 Å². The van der Waals surface area contributed by atoms with Crippen molar-refractivity contribution in [1.82, 2.24) is 19.9 Å². The molecule has 5 N–H and O–H groups in total. The number of fused-ring (bicyclic) bond motifs is 1. The highest BCUT2D eigenvalue weighted by atomic mass is 16.7. The molecular formula is C23H30N8O4. The van der Waals surface area contributed by atoms with Crippen LogP contribution >= 0.6 is 0 Å². The van der Waals surface area contributed by atoms with Gasteiger partial charge in [0.2, 0.25) is 24.6 Å². The summed E-state index contributed by atoms with van der Waals surface area (Å²) in [6.45, 7) is 4.20. The minimum Gasteiger partial charge on any atom is -0.454 e. The Morgan fingerprint density at radius 1 is 0.800 bits per heavy atom. The van der Waals surface area contributed by atoms with Crippen molar-refractivity contribution < 1.29 is 18.9 Å². The molecule has 12 nitrogen and oxygen atoms in total. The number of anilines is 3. The first-order valence-corrected chi connectivity index (χ1v) is 11.4. The van der Waals surface area contributed by atoms with Gasteiger partial charge in [-0.2, -0.15) is 15.0 Å². The molecule has 0 unspecified atom stereocenters. The average molecular weight is 483 g/mol. The summed E-state index contributed by atoms with van der Waals surface area (Å²) in [5.74, 6) is 2.72. The highest BCUT2D eigenvalue weighted by Crippen LogP contribution is 2.35. The average Bonchev–Trinajstić information content (AvgIpc) is 3.38. The number of nitrogens with one attached hydrogen (secondary N) is 3. The monoisotopic (exact) mass is 482 g/mol. The Bertz CT molecular complexity index is 1060. The van der Waals surface area contributed by atoms with Gasteiger partial charge in [0, 0.05) is 31.4 Å². The third kappa shape index (κ3) is 7.64. The van der Waals surface area contributed by atoms with Crippen molar-refractivity contribution in [3.05, 3.63) is 53.9 Å². The highest BCUT2D eigenvalue weighted by Gasteiger charge is 2.17.